The summed E-state index contributed by atoms with van der Waals surface area (Å²) in [5, 5.41) is 181. The van der Waals surface area contributed by atoms with Crippen LogP contribution in [0.4, 0.5) is 22.7 Å². The molecule has 1 fully saturated rings. The van der Waals surface area contributed by atoms with Crippen LogP contribution in [0.15, 0.2) is 164 Å². The molecular weight excluding hydrogens is 1430 g/mol. The third-order valence-electron chi connectivity index (χ3n) is 17.4. The lowest BCUT2D eigenvalue weighted by molar-refractivity contribution is -0.132. The Morgan fingerprint density at radius 3 is 1.76 bits per heavy atom. The van der Waals surface area contributed by atoms with Gasteiger partial charge in [-0.25, -0.2) is 34.9 Å². The van der Waals surface area contributed by atoms with E-state index in [9.17, 15) is 84.1 Å². The van der Waals surface area contributed by atoms with Crippen LogP contribution >= 0.6 is 0 Å². The molecule has 0 spiro atoms. The molecule has 1 aliphatic rings. The predicted molar refractivity (Wildman–Crippen MR) is 419 cm³/mol. The van der Waals surface area contributed by atoms with Crippen molar-refractivity contribution < 1.29 is 88.9 Å². The number of hydrogen-bond acceptors (Lipinski definition) is 21. The first-order valence-electron chi connectivity index (χ1n) is 35.1. The fraction of sp³-hybridized carbons (Fsp3) is 0.438. The van der Waals surface area contributed by atoms with Gasteiger partial charge in [-0.1, -0.05) is 70.5 Å². The standard InChI is InChI=1S/C73H97N17O18S/c1-7-42(4)64(72(104)85-63(41(2)3)71(103)82-52(30-32-59(74)93)66(98)79-36-35-77-51-14-8-13-50-49(51)12-9-16-58(50)109(106,107)108)86-70(102)57-15-11-37-90(57)73(105)55(38-43-18-28-48(92)29-19-43)84-68(100)54(39-61(76)95)83-67(99)53(31-33-60(75)94)81-69(101)56(40-91)80-62(96)17-10-34-78-65(97)44-20-22-45(23-21-44)87-88-46-24-26-47(27-25-46)89(5)6/h8-9,12-14,16,18-29,41-42,52-57,63-64,77,91-92H,7,10-11,15,17,30-40H2,1-6H3,(H2,74,93)(H2,75,94)(H2,76,95)(H,78,97)(H,79,98)(H,80,96)(H,81,101)(H,82,103)(H,83,99)(H,84,100)(H,85,104)(H,86,102)(H,106,107,108). The number of fused-ring (bicyclic) bond motifs is 1. The number of carbonyl (C=O) groups excluding carboxylic acids is 2. The Bertz CT molecular complexity index is 4360. The van der Waals surface area contributed by atoms with Gasteiger partial charge in [-0.2, -0.15) is 18.6 Å². The van der Waals surface area contributed by atoms with E-state index in [-0.39, 0.29) is 87.2 Å². The number of nitrogens with one attached hydrogen (secondary N) is 5. The van der Waals surface area contributed by atoms with E-state index in [1.165, 1.54) is 47.4 Å². The van der Waals surface area contributed by atoms with Crippen molar-refractivity contribution in [1.29, 1.82) is 16.2 Å². The molecule has 1 saturated heterocycles. The number of rotatable bonds is 42. The molecule has 0 aliphatic carbocycles. The van der Waals surface area contributed by atoms with E-state index in [1.807, 2.05) is 43.3 Å². The summed E-state index contributed by atoms with van der Waals surface area (Å²) in [6.45, 7) is 5.81. The van der Waals surface area contributed by atoms with E-state index in [0.717, 1.165) is 5.69 Å². The number of azo groups is 1. The van der Waals surface area contributed by atoms with E-state index in [2.05, 4.69) is 60.8 Å². The molecule has 0 bridgehead atoms. The molecule has 5 aromatic carbocycles. The van der Waals surface area contributed by atoms with Gasteiger partial charge in [0.1, 0.15) is 52.9 Å². The second-order valence-corrected chi connectivity index (χ2v) is 27.6. The lowest BCUT2D eigenvalue weighted by Gasteiger charge is -2.28. The first kappa shape index (κ1) is 86.3. The van der Waals surface area contributed by atoms with Gasteiger partial charge in [-0.15, -0.1) is 0 Å². The van der Waals surface area contributed by atoms with Crippen LogP contribution in [0.2, 0.25) is 0 Å². The molecule has 1 heterocycles. The molecule has 9 atom stereocenters. The average molecular weight is 1530 g/mol. The van der Waals surface area contributed by atoms with Crippen molar-refractivity contribution in [3.05, 3.63) is 120 Å². The van der Waals surface area contributed by atoms with Crippen LogP contribution in [-0.2, 0) is 21.3 Å². The van der Waals surface area contributed by atoms with Crippen LogP contribution in [0, 0.1) is 28.1 Å². The minimum atomic E-state index is -4.55. The maximum atomic E-state index is 15.0. The smallest absolute Gasteiger partial charge is 0.295 e. The van der Waals surface area contributed by atoms with Gasteiger partial charge in [0.15, 0.2) is 29.6 Å². The van der Waals surface area contributed by atoms with Crippen LogP contribution in [0.1, 0.15) is 108 Å². The van der Waals surface area contributed by atoms with Crippen molar-refractivity contribution in [2.75, 3.05) is 57.1 Å². The highest BCUT2D eigenvalue weighted by Gasteiger charge is 2.39. The molecule has 2 amide bonds. The summed E-state index contributed by atoms with van der Waals surface area (Å²) in [5.41, 5.74) is 3.33. The molecule has 0 aromatic heterocycles. The Labute approximate surface area is 629 Å². The molecule has 588 valence electrons. The van der Waals surface area contributed by atoms with Gasteiger partial charge in [-0.3, -0.25) is 35.4 Å². The highest BCUT2D eigenvalue weighted by atomic mass is 32.2. The molecular formula is C73H97N17O18S. The quantitative estimate of drug-likeness (QED) is 0.00567. The third kappa shape index (κ3) is 26.7. The van der Waals surface area contributed by atoms with E-state index in [0.29, 0.717) is 40.0 Å². The minimum Gasteiger partial charge on any atom is -0.508 e. The number of phenols is 1. The Morgan fingerprint density at radius 2 is 1.17 bits per heavy atom. The van der Waals surface area contributed by atoms with E-state index < -0.39 is 173 Å². The normalized spacial score (nSPS) is 16.9. The van der Waals surface area contributed by atoms with Crippen molar-refractivity contribution in [2.24, 2.45) is 62.0 Å². The topological polar surface area (TPSA) is 577 Å². The molecule has 19 N–H and O–H groups in total. The van der Waals surface area contributed by atoms with Crippen molar-refractivity contribution in [3.8, 4) is 5.75 Å². The fourth-order valence-corrected chi connectivity index (χ4v) is 12.0. The van der Waals surface area contributed by atoms with Crippen LogP contribution < -0.4 is 15.5 Å². The van der Waals surface area contributed by atoms with Gasteiger partial charge in [0.2, 0.25) is 47.2 Å². The number of likely N-dealkylation sites (tertiary alicyclic amines) is 1. The van der Waals surface area contributed by atoms with Crippen LogP contribution in [0.25, 0.3) is 10.8 Å². The number of amides is 2. The summed E-state index contributed by atoms with van der Waals surface area (Å²) < 4.78 is 33.9. The van der Waals surface area contributed by atoms with Gasteiger partial charge in [0.05, 0.1) is 30.9 Å². The minimum absolute atomic E-state index is 0.0185. The van der Waals surface area contributed by atoms with E-state index >= 15 is 4.79 Å². The highest BCUT2D eigenvalue weighted by Crippen LogP contribution is 2.30. The second kappa shape index (κ2) is 41.5. The van der Waals surface area contributed by atoms with Crippen molar-refractivity contribution in [2.45, 2.75) is 152 Å². The molecule has 6 rings (SSSR count). The monoisotopic (exact) mass is 1530 g/mol. The Balaban J connectivity index is 1.20. The van der Waals surface area contributed by atoms with E-state index in [4.69, 9.17) is 16.2 Å². The number of hydrogen-bond donors (Lipinski definition) is 19. The van der Waals surface area contributed by atoms with Crippen molar-refractivity contribution >= 4 is 120 Å². The number of phenolic OH excluding ortho intramolecular Hbond substituents is 1. The van der Waals surface area contributed by atoms with Gasteiger partial charge < -0.3 is 86.8 Å². The second-order valence-electron chi connectivity index (χ2n) is 26.2. The molecule has 0 radical (unpaired) electrons. The van der Waals surface area contributed by atoms with Crippen LogP contribution in [-0.4, -0.2) is 256 Å². The summed E-state index contributed by atoms with van der Waals surface area (Å²) in [7, 11) is -0.705. The van der Waals surface area contributed by atoms with Gasteiger partial charge >= 0.3 is 0 Å². The Kier molecular flexibility index (Phi) is 32.8. The number of aliphatic hydroxyl groups excluding tert-OH is 12. The Hall–Kier alpha value is -11.7. The molecule has 1 aliphatic heterocycles. The maximum absolute atomic E-state index is 15.0. The molecule has 0 saturated carbocycles. The largest absolute Gasteiger partial charge is 0.508 e. The highest BCUT2D eigenvalue weighted by molar-refractivity contribution is 7.86. The third-order valence-corrected chi connectivity index (χ3v) is 18.3. The number of aliphatic imine (C=N–C) groups is 8. The number of carbonyl (C=O) groups is 2. The van der Waals surface area contributed by atoms with Gasteiger partial charge in [0.25, 0.3) is 16.0 Å². The molecule has 9 unspecified atom stereocenters. The summed E-state index contributed by atoms with van der Waals surface area (Å²) in [4.78, 5) is 64.6. The lowest BCUT2D eigenvalue weighted by Crippen LogP contribution is -2.47. The lowest BCUT2D eigenvalue weighted by atomic mass is 9.98. The number of nitrogens with zero attached hydrogens (tertiary/aromatic N) is 12. The van der Waals surface area contributed by atoms with E-state index in [1.54, 1.807) is 70.2 Å². The first-order valence-corrected chi connectivity index (χ1v) is 36.5. The zero-order chi connectivity index (χ0) is 80.2. The molecule has 5 aromatic rings. The van der Waals surface area contributed by atoms with Gasteiger partial charge in [0, 0.05) is 87.1 Å². The van der Waals surface area contributed by atoms with Crippen LogP contribution in [0.3, 0.4) is 0 Å². The van der Waals surface area contributed by atoms with Crippen LogP contribution in [0.5, 0.6) is 5.75 Å². The zero-order valence-corrected chi connectivity index (χ0v) is 62.0. The molecule has 36 heteroatoms. The van der Waals surface area contributed by atoms with Gasteiger partial charge in [-0.05, 0) is 122 Å². The number of aliphatic hydroxyl groups is 12. The summed E-state index contributed by atoms with van der Waals surface area (Å²) in [6.07, 6.45) is -1.99. The number of anilines is 2. The fourth-order valence-electron chi connectivity index (χ4n) is 11.3. The summed E-state index contributed by atoms with van der Waals surface area (Å²) >= 11 is 0. The summed E-state index contributed by atoms with van der Waals surface area (Å²) in [6, 6.07) is 16.4. The predicted octanol–water partition coefficient (Wildman–Crippen LogP) is 10.6. The van der Waals surface area contributed by atoms with Crippen molar-refractivity contribution in [3.63, 3.8) is 0 Å². The maximum Gasteiger partial charge on any atom is 0.295 e. The Morgan fingerprint density at radius 1 is 0.615 bits per heavy atom. The number of aromatic hydroxyl groups is 1. The molecule has 35 nitrogen and oxygen atoms in total. The average Bonchev–Trinajstić information content (AvgIpc) is 1.01. The SMILES string of the molecule is CCC(C)C(N=C(O)C1CCCN1C(=O)C(Cc1ccc(O)cc1)N=C(O)C(CC(=N)O)N=C(O)C(CCC(=N)O)N=C(O)C(CO)N=C(O)CCCNC(=O)c1ccc(N=Nc2ccc(N(C)C)cc2)cc1)C(O)=NC(C(O)=NC(CCC(=N)O)C(O)=NCCNc1cccc2c(S(=O)(=O)O)cccc12)C(C)C. The molecule has 109 heavy (non-hydrogen) atoms. The zero-order valence-electron chi connectivity index (χ0n) is 61.1. The first-order chi connectivity index (χ1) is 51.7. The summed E-state index contributed by atoms with van der Waals surface area (Å²) in [5.74, 6) is -11.6. The van der Waals surface area contributed by atoms with Crippen molar-refractivity contribution in [1.82, 2.24) is 10.2 Å². The number of benzene rings is 5.